The number of nitrogens with zero attached hydrogens (tertiary/aromatic N) is 1. The Hall–Kier alpha value is -1.06. The van der Waals surface area contributed by atoms with Crippen LogP contribution in [0, 0.1) is 6.92 Å². The summed E-state index contributed by atoms with van der Waals surface area (Å²) in [5, 5.41) is 39.6. The largest absolute Gasteiger partial charge is 0.394 e. The van der Waals surface area contributed by atoms with Crippen LogP contribution in [0.15, 0.2) is 18.2 Å². The van der Waals surface area contributed by atoms with Gasteiger partial charge in [-0.3, -0.25) is 4.90 Å². The van der Waals surface area contributed by atoms with Gasteiger partial charge in [0.15, 0.2) is 0 Å². The minimum absolute atomic E-state index is 0.423. The summed E-state index contributed by atoms with van der Waals surface area (Å²) < 4.78 is 11.0. The lowest BCUT2D eigenvalue weighted by molar-refractivity contribution is -0.231. The van der Waals surface area contributed by atoms with Gasteiger partial charge in [-0.15, -0.1) is 0 Å². The zero-order valence-electron chi connectivity index (χ0n) is 14.4. The smallest absolute Gasteiger partial charge is 0.113 e. The highest BCUT2D eigenvalue weighted by Gasteiger charge is 2.43. The first-order valence-corrected chi connectivity index (χ1v) is 8.71. The van der Waals surface area contributed by atoms with Gasteiger partial charge in [-0.05, 0) is 23.6 Å². The Kier molecular flexibility index (Phi) is 6.06. The Bertz CT molecular complexity index is 575. The molecule has 0 aromatic heterocycles. The van der Waals surface area contributed by atoms with Crippen molar-refractivity contribution >= 4 is 0 Å². The first kappa shape index (κ1) is 18.7. The molecule has 5 unspecified atom stereocenters. The summed E-state index contributed by atoms with van der Waals surface area (Å²) in [5.41, 5.74) is 2.99. The van der Waals surface area contributed by atoms with Crippen molar-refractivity contribution in [2.45, 2.75) is 44.0 Å². The predicted octanol–water partition coefficient (Wildman–Crippen LogP) is -0.658. The molecule has 0 radical (unpaired) electrons. The Morgan fingerprint density at radius 1 is 1.08 bits per heavy atom. The van der Waals surface area contributed by atoms with Gasteiger partial charge in [0.25, 0.3) is 0 Å². The van der Waals surface area contributed by atoms with Gasteiger partial charge < -0.3 is 29.9 Å². The van der Waals surface area contributed by atoms with E-state index in [0.717, 1.165) is 49.5 Å². The molecule has 25 heavy (non-hydrogen) atoms. The summed E-state index contributed by atoms with van der Waals surface area (Å²) in [7, 11) is 0. The van der Waals surface area contributed by atoms with Crippen molar-refractivity contribution in [2.75, 3.05) is 32.9 Å². The number of aliphatic hydroxyl groups excluding tert-OH is 4. The molecule has 7 heteroatoms. The SMILES string of the molecule is Cc1ccc(C2OC(CO)C(O)C(O)C2O)cc1CN1CCOCC1. The minimum Gasteiger partial charge on any atom is -0.394 e. The fourth-order valence-corrected chi connectivity index (χ4v) is 3.42. The molecule has 3 rings (SSSR count). The van der Waals surface area contributed by atoms with E-state index in [0.29, 0.717) is 0 Å². The maximum Gasteiger partial charge on any atom is 0.113 e. The van der Waals surface area contributed by atoms with Crippen LogP contribution in [0.3, 0.4) is 0 Å². The fourth-order valence-electron chi connectivity index (χ4n) is 3.42. The number of hydrogen-bond donors (Lipinski definition) is 4. The summed E-state index contributed by atoms with van der Waals surface area (Å²) in [5.74, 6) is 0. The van der Waals surface area contributed by atoms with Crippen molar-refractivity contribution in [3.8, 4) is 0 Å². The predicted molar refractivity (Wildman–Crippen MR) is 90.0 cm³/mol. The Morgan fingerprint density at radius 3 is 2.48 bits per heavy atom. The van der Waals surface area contributed by atoms with Crippen LogP contribution in [0.2, 0.25) is 0 Å². The highest BCUT2D eigenvalue weighted by molar-refractivity contribution is 5.33. The summed E-state index contributed by atoms with van der Waals surface area (Å²) in [4.78, 5) is 2.31. The monoisotopic (exact) mass is 353 g/mol. The molecule has 1 aromatic rings. The van der Waals surface area contributed by atoms with Gasteiger partial charge in [-0.2, -0.15) is 0 Å². The average molecular weight is 353 g/mol. The fraction of sp³-hybridized carbons (Fsp3) is 0.667. The summed E-state index contributed by atoms with van der Waals surface area (Å²) >= 11 is 0. The maximum absolute atomic E-state index is 10.3. The van der Waals surface area contributed by atoms with Crippen LogP contribution in [0.5, 0.6) is 0 Å². The van der Waals surface area contributed by atoms with E-state index in [4.69, 9.17) is 9.47 Å². The molecule has 2 aliphatic heterocycles. The second-order valence-corrected chi connectivity index (χ2v) is 6.82. The van der Waals surface area contributed by atoms with Crippen molar-refractivity contribution in [1.82, 2.24) is 4.90 Å². The van der Waals surface area contributed by atoms with Crippen LogP contribution >= 0.6 is 0 Å². The number of aliphatic hydroxyl groups is 4. The molecule has 1 aromatic carbocycles. The molecule has 0 bridgehead atoms. The number of hydrogen-bond acceptors (Lipinski definition) is 7. The molecule has 2 heterocycles. The van der Waals surface area contributed by atoms with Gasteiger partial charge >= 0.3 is 0 Å². The molecule has 0 spiro atoms. The van der Waals surface area contributed by atoms with Crippen molar-refractivity contribution in [3.05, 3.63) is 34.9 Å². The lowest BCUT2D eigenvalue weighted by atomic mass is 9.90. The van der Waals surface area contributed by atoms with Crippen molar-refractivity contribution in [2.24, 2.45) is 0 Å². The Balaban J connectivity index is 1.80. The van der Waals surface area contributed by atoms with Crippen molar-refractivity contribution < 1.29 is 29.9 Å². The zero-order chi connectivity index (χ0) is 18.0. The molecule has 2 fully saturated rings. The van der Waals surface area contributed by atoms with Crippen LogP contribution in [0.4, 0.5) is 0 Å². The van der Waals surface area contributed by atoms with Crippen molar-refractivity contribution in [3.63, 3.8) is 0 Å². The Labute approximate surface area is 147 Å². The van der Waals surface area contributed by atoms with E-state index in [-0.39, 0.29) is 0 Å². The molecule has 0 aliphatic carbocycles. The minimum atomic E-state index is -1.36. The summed E-state index contributed by atoms with van der Waals surface area (Å²) in [6, 6.07) is 5.79. The third kappa shape index (κ3) is 4.03. The normalized spacial score (nSPS) is 34.2. The lowest BCUT2D eigenvalue weighted by Crippen LogP contribution is -2.55. The highest BCUT2D eigenvalue weighted by Crippen LogP contribution is 2.33. The first-order chi connectivity index (χ1) is 12.0. The van der Waals surface area contributed by atoms with Gasteiger partial charge in [0.1, 0.15) is 30.5 Å². The molecule has 2 aliphatic rings. The summed E-state index contributed by atoms with van der Waals surface area (Å²) in [6.45, 7) is 5.60. The average Bonchev–Trinajstić information content (AvgIpc) is 2.63. The number of rotatable bonds is 4. The van der Waals surface area contributed by atoms with E-state index >= 15 is 0 Å². The Morgan fingerprint density at radius 2 is 1.80 bits per heavy atom. The second kappa shape index (κ2) is 8.09. The summed E-state index contributed by atoms with van der Waals surface area (Å²) in [6.07, 6.45) is -5.64. The number of morpholine rings is 1. The van der Waals surface area contributed by atoms with E-state index in [1.807, 2.05) is 25.1 Å². The van der Waals surface area contributed by atoms with Gasteiger partial charge in [0.2, 0.25) is 0 Å². The number of ether oxygens (including phenoxy) is 2. The van der Waals surface area contributed by atoms with E-state index in [1.54, 1.807) is 0 Å². The van der Waals surface area contributed by atoms with E-state index in [1.165, 1.54) is 0 Å². The van der Waals surface area contributed by atoms with Gasteiger partial charge in [0.05, 0.1) is 19.8 Å². The zero-order valence-corrected chi connectivity index (χ0v) is 14.4. The lowest BCUT2D eigenvalue weighted by Gasteiger charge is -2.40. The van der Waals surface area contributed by atoms with Crippen molar-refractivity contribution in [1.29, 1.82) is 0 Å². The van der Waals surface area contributed by atoms with Crippen LogP contribution in [-0.4, -0.2) is 82.7 Å². The molecule has 140 valence electrons. The van der Waals surface area contributed by atoms with Gasteiger partial charge in [-0.25, -0.2) is 0 Å². The first-order valence-electron chi connectivity index (χ1n) is 8.71. The highest BCUT2D eigenvalue weighted by atomic mass is 16.5. The maximum atomic E-state index is 10.3. The van der Waals surface area contributed by atoms with Crippen LogP contribution in [-0.2, 0) is 16.0 Å². The topological polar surface area (TPSA) is 103 Å². The molecule has 2 saturated heterocycles. The standard InChI is InChI=1S/C18H27NO6/c1-11-2-3-12(8-13(11)9-19-4-6-24-7-5-19)18-17(23)16(22)15(21)14(10-20)25-18/h2-3,8,14-18,20-23H,4-7,9-10H2,1H3. The third-order valence-corrected chi connectivity index (χ3v) is 5.09. The molecule has 4 N–H and O–H groups in total. The van der Waals surface area contributed by atoms with Crippen LogP contribution in [0.1, 0.15) is 22.8 Å². The quantitative estimate of drug-likeness (QED) is 0.570. The molecule has 5 atom stereocenters. The molecule has 0 amide bonds. The van der Waals surface area contributed by atoms with Gasteiger partial charge in [-0.1, -0.05) is 18.2 Å². The third-order valence-electron chi connectivity index (χ3n) is 5.09. The number of benzene rings is 1. The number of aryl methyl sites for hydroxylation is 1. The van der Waals surface area contributed by atoms with Gasteiger partial charge in [0, 0.05) is 19.6 Å². The van der Waals surface area contributed by atoms with E-state index in [9.17, 15) is 20.4 Å². The molecule has 7 nitrogen and oxygen atoms in total. The molecular weight excluding hydrogens is 326 g/mol. The molecular formula is C18H27NO6. The second-order valence-electron chi connectivity index (χ2n) is 6.82. The molecule has 0 saturated carbocycles. The van der Waals surface area contributed by atoms with E-state index in [2.05, 4.69) is 4.90 Å². The van der Waals surface area contributed by atoms with E-state index < -0.39 is 37.1 Å². The van der Waals surface area contributed by atoms with Crippen LogP contribution in [0.25, 0.3) is 0 Å². The van der Waals surface area contributed by atoms with Crippen LogP contribution < -0.4 is 0 Å².